The second kappa shape index (κ2) is 4.30. The van der Waals surface area contributed by atoms with Crippen LogP contribution in [0.2, 0.25) is 0 Å². The molecule has 2 aliphatic rings. The third-order valence-corrected chi connectivity index (χ3v) is 4.06. The van der Waals surface area contributed by atoms with E-state index >= 15 is 0 Å². The van der Waals surface area contributed by atoms with Crippen LogP contribution in [-0.2, 0) is 17.8 Å². The molecule has 0 aliphatic carbocycles. The molecule has 3 N–H and O–H groups in total. The Morgan fingerprint density at radius 2 is 1.76 bits per heavy atom. The molecule has 0 saturated heterocycles. The van der Waals surface area contributed by atoms with Crippen LogP contribution in [0.4, 0.5) is 0 Å². The van der Waals surface area contributed by atoms with E-state index in [0.717, 1.165) is 16.7 Å². The van der Waals surface area contributed by atoms with Crippen molar-refractivity contribution in [3.8, 4) is 23.0 Å². The molecule has 21 heavy (non-hydrogen) atoms. The molecule has 2 heterocycles. The van der Waals surface area contributed by atoms with Crippen molar-refractivity contribution in [3.63, 3.8) is 0 Å². The van der Waals surface area contributed by atoms with Crippen molar-refractivity contribution in [1.82, 2.24) is 0 Å². The molecule has 0 amide bonds. The lowest BCUT2D eigenvalue weighted by Gasteiger charge is -2.38. The van der Waals surface area contributed by atoms with Gasteiger partial charge in [0.1, 0.15) is 17.6 Å². The van der Waals surface area contributed by atoms with Crippen LogP contribution in [0.15, 0.2) is 30.3 Å². The van der Waals surface area contributed by atoms with E-state index in [9.17, 15) is 15.3 Å². The topological polar surface area (TPSA) is 79.2 Å². The van der Waals surface area contributed by atoms with Gasteiger partial charge in [0.25, 0.3) is 0 Å². The second-order valence-electron chi connectivity index (χ2n) is 5.42. The Kier molecular flexibility index (Phi) is 2.53. The monoisotopic (exact) mass is 286 g/mol. The first-order chi connectivity index (χ1) is 10.1. The van der Waals surface area contributed by atoms with Crippen LogP contribution in [0.25, 0.3) is 0 Å². The third-order valence-electron chi connectivity index (χ3n) is 4.06. The Hall–Kier alpha value is -2.40. The van der Waals surface area contributed by atoms with Crippen molar-refractivity contribution < 1.29 is 24.8 Å². The molecular formula is C16H14O5. The lowest BCUT2D eigenvalue weighted by atomic mass is 9.89. The Labute approximate surface area is 121 Å². The number of phenols is 3. The van der Waals surface area contributed by atoms with Crippen LogP contribution in [0, 0.1) is 0 Å². The Morgan fingerprint density at radius 1 is 0.952 bits per heavy atom. The molecule has 0 radical (unpaired) electrons. The minimum atomic E-state index is -0.352. The SMILES string of the molecule is Oc1ccc2c(c1)O[C@@H]1c3cc(O)c(O)cc3CO[C@H]1C2. The van der Waals surface area contributed by atoms with Gasteiger partial charge in [0.05, 0.1) is 6.61 Å². The molecule has 0 spiro atoms. The average Bonchev–Trinajstić information content (AvgIpc) is 2.47. The Morgan fingerprint density at radius 3 is 2.62 bits per heavy atom. The lowest BCUT2D eigenvalue weighted by molar-refractivity contribution is -0.0614. The van der Waals surface area contributed by atoms with E-state index in [-0.39, 0.29) is 29.5 Å². The molecule has 2 atom stereocenters. The Bertz CT molecular complexity index is 725. The Balaban J connectivity index is 1.79. The van der Waals surface area contributed by atoms with Gasteiger partial charge < -0.3 is 24.8 Å². The summed E-state index contributed by atoms with van der Waals surface area (Å²) in [6, 6.07) is 8.07. The maximum atomic E-state index is 9.72. The van der Waals surface area contributed by atoms with Gasteiger partial charge in [-0.25, -0.2) is 0 Å². The smallest absolute Gasteiger partial charge is 0.157 e. The highest BCUT2D eigenvalue weighted by atomic mass is 16.5. The van der Waals surface area contributed by atoms with Gasteiger partial charge in [-0.15, -0.1) is 0 Å². The van der Waals surface area contributed by atoms with Crippen LogP contribution in [0.5, 0.6) is 23.0 Å². The highest BCUT2D eigenvalue weighted by Crippen LogP contribution is 2.44. The summed E-state index contributed by atoms with van der Waals surface area (Å²) in [7, 11) is 0. The number of ether oxygens (including phenoxy) is 2. The van der Waals surface area contributed by atoms with E-state index in [2.05, 4.69) is 0 Å². The van der Waals surface area contributed by atoms with Crippen LogP contribution in [0.3, 0.4) is 0 Å². The van der Waals surface area contributed by atoms with Crippen molar-refractivity contribution in [3.05, 3.63) is 47.0 Å². The molecule has 2 aromatic rings. The normalized spacial score (nSPS) is 22.7. The largest absolute Gasteiger partial charge is 0.508 e. The van der Waals surface area contributed by atoms with Crippen LogP contribution >= 0.6 is 0 Å². The molecule has 0 aromatic heterocycles. The first kappa shape index (κ1) is 12.3. The number of rotatable bonds is 0. The zero-order chi connectivity index (χ0) is 14.6. The predicted octanol–water partition coefficient (Wildman–Crippen LogP) is 2.38. The number of fused-ring (bicyclic) bond motifs is 4. The van der Waals surface area contributed by atoms with Gasteiger partial charge >= 0.3 is 0 Å². The zero-order valence-electron chi connectivity index (χ0n) is 11.1. The van der Waals surface area contributed by atoms with Crippen molar-refractivity contribution >= 4 is 0 Å². The van der Waals surface area contributed by atoms with Crippen molar-refractivity contribution in [2.75, 3.05) is 0 Å². The molecule has 0 fully saturated rings. The zero-order valence-corrected chi connectivity index (χ0v) is 11.1. The summed E-state index contributed by atoms with van der Waals surface area (Å²) in [4.78, 5) is 0. The van der Waals surface area contributed by atoms with Crippen LogP contribution in [0.1, 0.15) is 22.8 Å². The fourth-order valence-electron chi connectivity index (χ4n) is 2.99. The van der Waals surface area contributed by atoms with E-state index in [1.165, 1.54) is 12.1 Å². The van der Waals surface area contributed by atoms with Gasteiger partial charge in [-0.05, 0) is 29.3 Å². The molecule has 0 unspecified atom stereocenters. The molecule has 2 aliphatic heterocycles. The van der Waals surface area contributed by atoms with Crippen LogP contribution in [-0.4, -0.2) is 21.4 Å². The second-order valence-corrected chi connectivity index (χ2v) is 5.42. The molecular weight excluding hydrogens is 272 g/mol. The third kappa shape index (κ3) is 1.89. The summed E-state index contributed by atoms with van der Waals surface area (Å²) in [5, 5.41) is 28.9. The minimum absolute atomic E-state index is 0.140. The lowest BCUT2D eigenvalue weighted by Crippen LogP contribution is -2.36. The highest BCUT2D eigenvalue weighted by Gasteiger charge is 2.37. The van der Waals surface area contributed by atoms with E-state index < -0.39 is 0 Å². The maximum Gasteiger partial charge on any atom is 0.157 e. The number of aromatic hydroxyl groups is 3. The number of benzene rings is 2. The van der Waals surface area contributed by atoms with Crippen molar-refractivity contribution in [2.45, 2.75) is 25.2 Å². The number of hydrogen-bond donors (Lipinski definition) is 3. The molecule has 108 valence electrons. The fraction of sp³-hybridized carbons (Fsp3) is 0.250. The van der Waals surface area contributed by atoms with E-state index in [1.807, 2.05) is 6.07 Å². The van der Waals surface area contributed by atoms with Crippen LogP contribution < -0.4 is 4.74 Å². The van der Waals surface area contributed by atoms with Crippen molar-refractivity contribution in [2.24, 2.45) is 0 Å². The summed E-state index contributed by atoms with van der Waals surface area (Å²) >= 11 is 0. The quantitative estimate of drug-likeness (QED) is 0.648. The molecule has 0 bridgehead atoms. The van der Waals surface area contributed by atoms with Crippen molar-refractivity contribution in [1.29, 1.82) is 0 Å². The van der Waals surface area contributed by atoms with E-state index in [4.69, 9.17) is 9.47 Å². The summed E-state index contributed by atoms with van der Waals surface area (Å²) in [6.07, 6.45) is 0.189. The minimum Gasteiger partial charge on any atom is -0.508 e. The number of phenolic OH excluding ortho intramolecular Hbond substituents is 3. The molecule has 5 nitrogen and oxygen atoms in total. The summed E-state index contributed by atoms with van der Waals surface area (Å²) < 4.78 is 11.8. The first-order valence-corrected chi connectivity index (χ1v) is 6.77. The summed E-state index contributed by atoms with van der Waals surface area (Å²) in [5.41, 5.74) is 2.60. The summed E-state index contributed by atoms with van der Waals surface area (Å²) in [6.45, 7) is 0.376. The van der Waals surface area contributed by atoms with Gasteiger partial charge in [0, 0.05) is 18.1 Å². The standard InChI is InChI=1S/C16H14O5/c17-10-2-1-8-4-15-16(21-14(8)5-10)11-6-13(19)12(18)3-9(11)7-20-15/h1-3,5-6,15-19H,4,7H2/t15-,16+/m0/s1. The molecule has 5 heteroatoms. The van der Waals surface area contributed by atoms with Gasteiger partial charge in [0.15, 0.2) is 17.6 Å². The summed E-state index contributed by atoms with van der Waals surface area (Å²) in [5.74, 6) is 0.447. The van der Waals surface area contributed by atoms with E-state index in [0.29, 0.717) is 18.8 Å². The first-order valence-electron chi connectivity index (χ1n) is 6.77. The van der Waals surface area contributed by atoms with Gasteiger partial charge in [-0.2, -0.15) is 0 Å². The van der Waals surface area contributed by atoms with Gasteiger partial charge in [0.2, 0.25) is 0 Å². The van der Waals surface area contributed by atoms with Gasteiger partial charge in [-0.3, -0.25) is 0 Å². The predicted molar refractivity (Wildman–Crippen MR) is 73.5 cm³/mol. The highest BCUT2D eigenvalue weighted by molar-refractivity contribution is 5.49. The number of hydrogen-bond acceptors (Lipinski definition) is 5. The molecule has 2 aromatic carbocycles. The average molecular weight is 286 g/mol. The van der Waals surface area contributed by atoms with Gasteiger partial charge in [-0.1, -0.05) is 6.07 Å². The molecule has 4 rings (SSSR count). The molecule has 0 saturated carbocycles. The maximum absolute atomic E-state index is 9.72. The fourth-order valence-corrected chi connectivity index (χ4v) is 2.99. The van der Waals surface area contributed by atoms with E-state index in [1.54, 1.807) is 12.1 Å².